The molecule has 11 heteroatoms. The Bertz CT molecular complexity index is 2510. The maximum Gasteiger partial charge on any atom is 0.407 e. The molecule has 1 N–H and O–H groups in total. The smallest absolute Gasteiger partial charge is 0.407 e. The minimum absolute atomic E-state index is 0.0655. The van der Waals surface area contributed by atoms with Crippen molar-refractivity contribution in [1.29, 1.82) is 0 Å². The summed E-state index contributed by atoms with van der Waals surface area (Å²) in [6.07, 6.45) is 2.52. The molecule has 0 fully saturated rings. The summed E-state index contributed by atoms with van der Waals surface area (Å²) in [5.41, 5.74) is 9.09. The number of nitrogens with zero attached hydrogens (tertiary/aromatic N) is 2. The van der Waals surface area contributed by atoms with Crippen LogP contribution in [0.4, 0.5) is 4.79 Å². The van der Waals surface area contributed by atoms with Gasteiger partial charge in [-0.15, -0.1) is 0 Å². The highest BCUT2D eigenvalue weighted by Crippen LogP contribution is 2.44. The molecule has 0 radical (unpaired) electrons. The van der Waals surface area contributed by atoms with E-state index < -0.39 is 56.2 Å². The van der Waals surface area contributed by atoms with Gasteiger partial charge < -0.3 is 24.3 Å². The summed E-state index contributed by atoms with van der Waals surface area (Å²) in [6.45, 7) is 7.49. The fourth-order valence-electron chi connectivity index (χ4n) is 8.95. The van der Waals surface area contributed by atoms with Gasteiger partial charge in [0.05, 0.1) is 12.0 Å². The Kier molecular flexibility index (Phi) is 14.6. The lowest BCUT2D eigenvalue weighted by Gasteiger charge is -2.35. The van der Waals surface area contributed by atoms with E-state index in [9.17, 15) is 24.0 Å². The van der Waals surface area contributed by atoms with Crippen LogP contribution in [0.5, 0.6) is 0 Å². The molecule has 336 valence electrons. The molecule has 2 aliphatic rings. The number of ketones is 1. The van der Waals surface area contributed by atoms with Gasteiger partial charge in [-0.05, 0) is 89.5 Å². The number of nitrogens with one attached hydrogen (secondary N) is 1. The molecule has 10 nitrogen and oxygen atoms in total. The Hall–Kier alpha value is -6.59. The molecule has 0 saturated carbocycles. The predicted octanol–water partition coefficient (Wildman–Crippen LogP) is 9.04. The Labute approximate surface area is 383 Å². The number of amides is 3. The van der Waals surface area contributed by atoms with E-state index in [-0.39, 0.29) is 37.6 Å². The molecule has 0 heterocycles. The molecule has 5 aromatic carbocycles. The molecule has 7 rings (SSSR count). The molecule has 0 saturated heterocycles. The van der Waals surface area contributed by atoms with E-state index >= 15 is 0 Å². The lowest BCUT2D eigenvalue weighted by Crippen LogP contribution is -2.57. The summed E-state index contributed by atoms with van der Waals surface area (Å²) in [5.74, 6) is -2.59. The van der Waals surface area contributed by atoms with Crippen LogP contribution in [-0.4, -0.2) is 86.6 Å². The highest BCUT2D eigenvalue weighted by molar-refractivity contribution is 6.71. The number of fused-ring (bicyclic) bond motifs is 4. The van der Waals surface area contributed by atoms with Crippen LogP contribution in [0.15, 0.2) is 140 Å². The number of alkyl carbamates (subject to hydrolysis) is 1. The second kappa shape index (κ2) is 20.5. The van der Waals surface area contributed by atoms with Crippen LogP contribution in [0.1, 0.15) is 59.1 Å². The van der Waals surface area contributed by atoms with Crippen LogP contribution in [-0.2, 0) is 47.6 Å². The van der Waals surface area contributed by atoms with Crippen molar-refractivity contribution < 1.29 is 33.1 Å². The van der Waals surface area contributed by atoms with Crippen molar-refractivity contribution in [3.8, 4) is 11.1 Å². The molecular formula is C54H59N3O7Si. The summed E-state index contributed by atoms with van der Waals surface area (Å²) in [5, 5.41) is 2.91. The van der Waals surface area contributed by atoms with Gasteiger partial charge in [0.15, 0.2) is 5.78 Å². The maximum absolute atomic E-state index is 15.0. The molecule has 0 aromatic heterocycles. The van der Waals surface area contributed by atoms with Gasteiger partial charge in [0.2, 0.25) is 20.1 Å². The quantitative estimate of drug-likeness (QED) is 0.0872. The second-order valence-electron chi connectivity index (χ2n) is 18.2. The number of carbonyl (C=O) groups is 5. The van der Waals surface area contributed by atoms with Crippen molar-refractivity contribution in [3.05, 3.63) is 173 Å². The average molecular weight is 890 g/mol. The largest absolute Gasteiger partial charge is 0.520 e. The van der Waals surface area contributed by atoms with Crippen molar-refractivity contribution in [2.24, 2.45) is 5.92 Å². The van der Waals surface area contributed by atoms with E-state index in [1.54, 1.807) is 21.0 Å². The van der Waals surface area contributed by atoms with Crippen LogP contribution < -0.4 is 5.32 Å². The van der Waals surface area contributed by atoms with Crippen LogP contribution in [0.25, 0.3) is 16.7 Å². The average Bonchev–Trinajstić information content (AvgIpc) is 3.86. The molecule has 0 bridgehead atoms. The van der Waals surface area contributed by atoms with Crippen LogP contribution in [0, 0.1) is 5.92 Å². The number of carbonyl (C=O) groups excluding carboxylic acids is 5. The third kappa shape index (κ3) is 11.2. The Morgan fingerprint density at radius 1 is 0.662 bits per heavy atom. The first-order valence-corrected chi connectivity index (χ1v) is 25.8. The third-order valence-electron chi connectivity index (χ3n) is 12.6. The first-order valence-electron chi connectivity index (χ1n) is 22.4. The fourth-order valence-corrected chi connectivity index (χ4v) is 9.73. The number of ether oxygens (including phenoxy) is 1. The van der Waals surface area contributed by atoms with Crippen LogP contribution in [0.3, 0.4) is 0 Å². The fraction of sp³-hybridized carbons (Fsp3) is 0.315. The summed E-state index contributed by atoms with van der Waals surface area (Å²) < 4.78 is 11.9. The van der Waals surface area contributed by atoms with Crippen LogP contribution >= 0.6 is 0 Å². The van der Waals surface area contributed by atoms with E-state index in [0.29, 0.717) is 12.8 Å². The third-order valence-corrected chi connectivity index (χ3v) is 13.4. The first kappa shape index (κ1) is 46.4. The second-order valence-corrected chi connectivity index (χ2v) is 22.6. The van der Waals surface area contributed by atoms with E-state index in [4.69, 9.17) is 9.16 Å². The maximum atomic E-state index is 15.0. The summed E-state index contributed by atoms with van der Waals surface area (Å²) in [4.78, 5) is 74.1. The van der Waals surface area contributed by atoms with E-state index in [2.05, 4.69) is 23.5 Å². The number of hydrogen-bond donors (Lipinski definition) is 1. The minimum atomic E-state index is -2.28. The van der Waals surface area contributed by atoms with Gasteiger partial charge in [-0.2, -0.15) is 0 Å². The number of hydrogen-bond acceptors (Lipinski definition) is 7. The topological polar surface area (TPSA) is 122 Å². The van der Waals surface area contributed by atoms with Gasteiger partial charge in [0.1, 0.15) is 18.7 Å². The number of likely N-dealkylation sites (N-methyl/N-ethyl adjacent to an activating group) is 2. The van der Waals surface area contributed by atoms with Crippen molar-refractivity contribution in [2.75, 3.05) is 20.7 Å². The van der Waals surface area contributed by atoms with Crippen molar-refractivity contribution in [2.45, 2.75) is 82.7 Å². The van der Waals surface area contributed by atoms with E-state index in [1.807, 2.05) is 141 Å². The van der Waals surface area contributed by atoms with Crippen molar-refractivity contribution in [1.82, 2.24) is 15.1 Å². The van der Waals surface area contributed by atoms with E-state index in [0.717, 1.165) is 50.1 Å². The SMILES string of the molecule is C[C@@H](C(=O)C[C@@H](Cc1ccccc1)C(=O)O[Si](C)(C)C)N(C)C(=O)[C@H](Cc1ccccc1)N(C)C(=O)[C@H](CC1=CCc2ccccc21)NC(=O)OCC1c2ccccc2-c2ccccc21. The zero-order valence-electron chi connectivity index (χ0n) is 38.2. The highest BCUT2D eigenvalue weighted by atomic mass is 28.4. The van der Waals surface area contributed by atoms with Crippen LogP contribution in [0.2, 0.25) is 19.6 Å². The Morgan fingerprint density at radius 3 is 1.80 bits per heavy atom. The van der Waals surface area contributed by atoms with Gasteiger partial charge in [-0.25, -0.2) is 4.79 Å². The Morgan fingerprint density at radius 2 is 1.20 bits per heavy atom. The highest BCUT2D eigenvalue weighted by Gasteiger charge is 2.39. The van der Waals surface area contributed by atoms with Crippen molar-refractivity contribution in [3.63, 3.8) is 0 Å². The van der Waals surface area contributed by atoms with Gasteiger partial charge in [0.25, 0.3) is 5.97 Å². The van der Waals surface area contributed by atoms with Gasteiger partial charge in [-0.3, -0.25) is 19.2 Å². The number of rotatable bonds is 18. The number of allylic oxidation sites excluding steroid dienone is 1. The molecule has 0 unspecified atom stereocenters. The molecule has 5 aromatic rings. The molecular weight excluding hydrogens is 831 g/mol. The summed E-state index contributed by atoms with van der Waals surface area (Å²) >= 11 is 0. The first-order chi connectivity index (χ1) is 31.2. The molecule has 3 amide bonds. The molecule has 4 atom stereocenters. The normalized spacial score (nSPS) is 14.6. The van der Waals surface area contributed by atoms with Gasteiger partial charge in [-0.1, -0.05) is 140 Å². The lowest BCUT2D eigenvalue weighted by atomic mass is 9.92. The molecule has 0 spiro atoms. The molecule has 65 heavy (non-hydrogen) atoms. The monoisotopic (exact) mass is 889 g/mol. The van der Waals surface area contributed by atoms with Gasteiger partial charge >= 0.3 is 6.09 Å². The Balaban J connectivity index is 1.12. The zero-order valence-corrected chi connectivity index (χ0v) is 39.2. The predicted molar refractivity (Wildman–Crippen MR) is 256 cm³/mol. The summed E-state index contributed by atoms with van der Waals surface area (Å²) in [6, 6.07) is 40.0. The molecule has 2 aliphatic carbocycles. The number of Topliss-reactive ketones (excluding diaryl/α,β-unsaturated/α-hetero) is 1. The lowest BCUT2D eigenvalue weighted by molar-refractivity contribution is -0.148. The summed E-state index contributed by atoms with van der Waals surface area (Å²) in [7, 11) is 0.845. The zero-order chi connectivity index (χ0) is 46.3. The molecule has 0 aliphatic heterocycles. The van der Waals surface area contributed by atoms with E-state index in [1.165, 1.54) is 9.80 Å². The number of benzene rings is 5. The van der Waals surface area contributed by atoms with Gasteiger partial charge in [0, 0.05) is 39.3 Å². The standard InChI is InChI=1S/C54H59N3O7Si/c1-36(50(58)34-41(53(61)64-65(4,5)6)31-37-19-9-7-10-20-37)56(2)52(60)49(32-38-21-11-8-12-22-38)57(3)51(59)48(33-40-30-29-39-23-13-14-24-42(39)40)55-54(62)63-35-47-45-27-17-15-25-43(45)44-26-16-18-28-46(44)47/h7-28,30,36,41,47-49H,29,31-35H2,1-6H3,(H,55,62)/t36-,41+,48-,49-/m0/s1. The minimum Gasteiger partial charge on any atom is -0.520 e. The van der Waals surface area contributed by atoms with Crippen molar-refractivity contribution >= 4 is 43.6 Å².